The highest BCUT2D eigenvalue weighted by molar-refractivity contribution is 8.13. The summed E-state index contributed by atoms with van der Waals surface area (Å²) < 4.78 is 49.2. The molecule has 1 fully saturated rings. The molecule has 0 aromatic heterocycles. The van der Waals surface area contributed by atoms with Crippen LogP contribution in [0, 0.1) is 5.92 Å². The van der Waals surface area contributed by atoms with Crippen LogP contribution in [-0.4, -0.2) is 33.7 Å². The first-order valence-corrected chi connectivity index (χ1v) is 10.4. The lowest BCUT2D eigenvalue weighted by Gasteiger charge is -2.35. The lowest BCUT2D eigenvalue weighted by molar-refractivity contribution is 0.218. The third-order valence-corrected chi connectivity index (χ3v) is 7.14. The predicted octanol–water partition coefficient (Wildman–Crippen LogP) is 2.42. The fraction of sp³-hybridized carbons (Fsp3) is 0.538. The number of nitrogens with zero attached hydrogens (tertiary/aromatic N) is 1. The zero-order valence-corrected chi connectivity index (χ0v) is 14.2. The van der Waals surface area contributed by atoms with Crippen LogP contribution in [0.4, 0.5) is 0 Å². The van der Waals surface area contributed by atoms with Crippen molar-refractivity contribution in [3.8, 4) is 0 Å². The van der Waals surface area contributed by atoms with Gasteiger partial charge in [0.05, 0.1) is 9.79 Å². The molecule has 0 aliphatic carbocycles. The van der Waals surface area contributed by atoms with Gasteiger partial charge in [0, 0.05) is 23.3 Å². The summed E-state index contributed by atoms with van der Waals surface area (Å²) in [6.45, 7) is 4.40. The van der Waals surface area contributed by atoms with E-state index in [0.29, 0.717) is 12.5 Å². The molecule has 1 heterocycles. The lowest BCUT2D eigenvalue weighted by Crippen LogP contribution is -2.44. The van der Waals surface area contributed by atoms with Crippen LogP contribution < -0.4 is 0 Å². The second-order valence-corrected chi connectivity index (χ2v) is 9.97. The van der Waals surface area contributed by atoms with E-state index >= 15 is 0 Å². The first kappa shape index (κ1) is 16.7. The summed E-state index contributed by atoms with van der Waals surface area (Å²) in [7, 11) is -2.23. The topological polar surface area (TPSA) is 71.5 Å². The van der Waals surface area contributed by atoms with E-state index in [0.717, 1.165) is 12.8 Å². The molecule has 2 rings (SSSR count). The van der Waals surface area contributed by atoms with Crippen LogP contribution in [0.3, 0.4) is 0 Å². The Morgan fingerprint density at radius 3 is 2.05 bits per heavy atom. The van der Waals surface area contributed by atoms with Gasteiger partial charge in [-0.3, -0.25) is 0 Å². The molecule has 21 heavy (non-hydrogen) atoms. The van der Waals surface area contributed by atoms with Crippen LogP contribution in [0.5, 0.6) is 0 Å². The quantitative estimate of drug-likeness (QED) is 0.784. The molecule has 8 heteroatoms. The number of sulfonamides is 1. The van der Waals surface area contributed by atoms with Gasteiger partial charge in [-0.05, 0) is 49.9 Å². The van der Waals surface area contributed by atoms with Gasteiger partial charge in [0.2, 0.25) is 10.0 Å². The Morgan fingerprint density at radius 2 is 1.52 bits per heavy atom. The zero-order chi connectivity index (χ0) is 15.8. The average Bonchev–Trinajstić information content (AvgIpc) is 2.40. The Labute approximate surface area is 130 Å². The minimum absolute atomic E-state index is 0.0531. The van der Waals surface area contributed by atoms with Crippen molar-refractivity contribution >= 4 is 29.8 Å². The number of hydrogen-bond donors (Lipinski definition) is 0. The molecule has 2 atom stereocenters. The average molecular weight is 352 g/mol. The molecule has 0 amide bonds. The Kier molecular flexibility index (Phi) is 4.68. The molecule has 5 nitrogen and oxygen atoms in total. The molecule has 118 valence electrons. The molecule has 0 N–H and O–H groups in total. The number of rotatable bonds is 3. The summed E-state index contributed by atoms with van der Waals surface area (Å²) in [6, 6.07) is 4.95. The van der Waals surface area contributed by atoms with Gasteiger partial charge in [-0.1, -0.05) is 6.92 Å². The Balaban J connectivity index is 2.35. The number of benzene rings is 1. The Morgan fingerprint density at radius 1 is 1.00 bits per heavy atom. The maximum Gasteiger partial charge on any atom is 0.261 e. The fourth-order valence-corrected chi connectivity index (χ4v) is 5.04. The van der Waals surface area contributed by atoms with E-state index in [1.54, 1.807) is 0 Å². The van der Waals surface area contributed by atoms with Gasteiger partial charge in [0.25, 0.3) is 9.05 Å². The van der Waals surface area contributed by atoms with Crippen molar-refractivity contribution in [2.24, 2.45) is 5.92 Å². The zero-order valence-electron chi connectivity index (χ0n) is 11.9. The molecule has 0 spiro atoms. The first-order chi connectivity index (χ1) is 9.62. The van der Waals surface area contributed by atoms with Crippen LogP contribution in [0.2, 0.25) is 0 Å². The van der Waals surface area contributed by atoms with Crippen molar-refractivity contribution in [3.05, 3.63) is 24.3 Å². The highest BCUT2D eigenvalue weighted by Crippen LogP contribution is 2.28. The number of piperidine rings is 1. The summed E-state index contributed by atoms with van der Waals surface area (Å²) >= 11 is 0. The largest absolute Gasteiger partial charge is 0.261 e. The molecule has 1 aliphatic heterocycles. The highest BCUT2D eigenvalue weighted by atomic mass is 35.7. The molecular formula is C13H18ClNO4S2. The highest BCUT2D eigenvalue weighted by Gasteiger charge is 2.33. The summed E-state index contributed by atoms with van der Waals surface area (Å²) in [5, 5.41) is 0. The van der Waals surface area contributed by atoms with Crippen LogP contribution >= 0.6 is 10.7 Å². The van der Waals surface area contributed by atoms with Crippen LogP contribution in [0.25, 0.3) is 0 Å². The van der Waals surface area contributed by atoms with Crippen molar-refractivity contribution in [2.75, 3.05) is 6.54 Å². The number of hydrogen-bond acceptors (Lipinski definition) is 4. The third-order valence-electron chi connectivity index (χ3n) is 3.77. The predicted molar refractivity (Wildman–Crippen MR) is 81.2 cm³/mol. The van der Waals surface area contributed by atoms with E-state index in [4.69, 9.17) is 10.7 Å². The van der Waals surface area contributed by atoms with Gasteiger partial charge in [-0.2, -0.15) is 4.31 Å². The van der Waals surface area contributed by atoms with E-state index in [9.17, 15) is 16.8 Å². The molecule has 2 unspecified atom stereocenters. The standard InChI is InChI=1S/C13H18ClNO4S2/c1-10-3-4-11(2)15(9-10)21(18,19)13-7-5-12(6-8-13)20(14,16)17/h5-8,10-11H,3-4,9H2,1-2H3. The molecule has 0 saturated carbocycles. The van der Waals surface area contributed by atoms with Gasteiger partial charge in [-0.15, -0.1) is 0 Å². The van der Waals surface area contributed by atoms with Crippen molar-refractivity contribution in [3.63, 3.8) is 0 Å². The van der Waals surface area contributed by atoms with Gasteiger partial charge in [-0.25, -0.2) is 16.8 Å². The monoisotopic (exact) mass is 351 g/mol. The molecule has 1 aromatic carbocycles. The van der Waals surface area contributed by atoms with Crippen LogP contribution in [0.15, 0.2) is 34.1 Å². The fourth-order valence-electron chi connectivity index (χ4n) is 2.49. The van der Waals surface area contributed by atoms with E-state index in [1.807, 2.05) is 13.8 Å². The summed E-state index contributed by atoms with van der Waals surface area (Å²) in [5.74, 6) is 0.318. The molecule has 1 aliphatic rings. The maximum atomic E-state index is 12.6. The molecular weight excluding hydrogens is 334 g/mol. The summed E-state index contributed by atoms with van der Waals surface area (Å²) in [4.78, 5) is -0.0179. The summed E-state index contributed by atoms with van der Waals surface area (Å²) in [6.07, 6.45) is 1.84. The number of halogens is 1. The minimum Gasteiger partial charge on any atom is -0.207 e. The first-order valence-electron chi connectivity index (χ1n) is 6.69. The van der Waals surface area contributed by atoms with E-state index in [2.05, 4.69) is 0 Å². The second kappa shape index (κ2) is 5.87. The van der Waals surface area contributed by atoms with Gasteiger partial charge >= 0.3 is 0 Å². The minimum atomic E-state index is -3.85. The van der Waals surface area contributed by atoms with E-state index < -0.39 is 19.1 Å². The maximum absolute atomic E-state index is 12.6. The molecule has 1 aromatic rings. The van der Waals surface area contributed by atoms with Crippen molar-refractivity contribution < 1.29 is 16.8 Å². The van der Waals surface area contributed by atoms with Crippen molar-refractivity contribution in [2.45, 2.75) is 42.5 Å². The lowest BCUT2D eigenvalue weighted by atomic mass is 9.97. The van der Waals surface area contributed by atoms with Gasteiger partial charge in [0.15, 0.2) is 0 Å². The van der Waals surface area contributed by atoms with Gasteiger partial charge < -0.3 is 0 Å². The van der Waals surface area contributed by atoms with Crippen LogP contribution in [0.1, 0.15) is 26.7 Å². The van der Waals surface area contributed by atoms with Gasteiger partial charge in [0.1, 0.15) is 0 Å². The second-order valence-electron chi connectivity index (χ2n) is 5.52. The molecule has 0 bridgehead atoms. The normalized spacial score (nSPS) is 24.9. The summed E-state index contributed by atoms with van der Waals surface area (Å²) in [5.41, 5.74) is 0. The Hall–Kier alpha value is -0.630. The Bertz CT molecular complexity index is 713. The molecule has 0 radical (unpaired) electrons. The van der Waals surface area contributed by atoms with Crippen molar-refractivity contribution in [1.29, 1.82) is 0 Å². The molecule has 1 saturated heterocycles. The van der Waals surface area contributed by atoms with E-state index in [1.165, 1.54) is 28.6 Å². The third kappa shape index (κ3) is 3.59. The van der Waals surface area contributed by atoms with E-state index in [-0.39, 0.29) is 15.8 Å². The SMILES string of the molecule is CC1CCC(C)N(S(=O)(=O)c2ccc(S(=O)(=O)Cl)cc2)C1. The van der Waals surface area contributed by atoms with Crippen molar-refractivity contribution in [1.82, 2.24) is 4.31 Å². The smallest absolute Gasteiger partial charge is 0.207 e. The van der Waals surface area contributed by atoms with Crippen LogP contribution in [-0.2, 0) is 19.1 Å².